The van der Waals surface area contributed by atoms with Crippen molar-refractivity contribution < 1.29 is 17.6 Å². The zero-order valence-corrected chi connectivity index (χ0v) is 12.0. The highest BCUT2D eigenvalue weighted by Crippen LogP contribution is 2.26. The fourth-order valence-electron chi connectivity index (χ4n) is 1.75. The molecule has 0 bridgehead atoms. The maximum Gasteiger partial charge on any atom is 0.242 e. The van der Waals surface area contributed by atoms with Gasteiger partial charge < -0.3 is 11.1 Å². The summed E-state index contributed by atoms with van der Waals surface area (Å²) in [5.74, 6) is -0.866. The summed E-state index contributed by atoms with van der Waals surface area (Å²) in [6.07, 6.45) is 0.0709. The molecule has 1 fully saturated rings. The van der Waals surface area contributed by atoms with E-state index < -0.39 is 21.9 Å². The molecule has 4 N–H and O–H groups in total. The number of rotatable bonds is 3. The highest BCUT2D eigenvalue weighted by molar-refractivity contribution is 9.10. The van der Waals surface area contributed by atoms with Crippen LogP contribution in [0, 0.1) is 5.82 Å². The van der Waals surface area contributed by atoms with Gasteiger partial charge in [-0.1, -0.05) is 0 Å². The van der Waals surface area contributed by atoms with Crippen LogP contribution in [0.25, 0.3) is 0 Å². The van der Waals surface area contributed by atoms with E-state index in [-0.39, 0.29) is 33.9 Å². The number of nitrogen functional groups attached to an aromatic ring is 1. The molecule has 1 aromatic carbocycles. The Labute approximate surface area is 117 Å². The summed E-state index contributed by atoms with van der Waals surface area (Å²) in [5, 5.41) is 2.51. The van der Waals surface area contributed by atoms with Crippen molar-refractivity contribution in [2.45, 2.75) is 17.4 Å². The molecule has 0 aromatic heterocycles. The minimum Gasteiger partial charge on any atom is -0.398 e. The molecule has 0 spiro atoms. The number of halogens is 2. The zero-order chi connectivity index (χ0) is 14.2. The van der Waals surface area contributed by atoms with E-state index in [4.69, 9.17) is 5.73 Å². The highest BCUT2D eigenvalue weighted by Gasteiger charge is 2.28. The zero-order valence-electron chi connectivity index (χ0n) is 9.61. The third-order valence-corrected chi connectivity index (χ3v) is 4.83. The molecule has 1 aliphatic rings. The molecule has 1 atom stereocenters. The van der Waals surface area contributed by atoms with Gasteiger partial charge in [-0.2, -0.15) is 0 Å². The van der Waals surface area contributed by atoms with Gasteiger partial charge in [0.05, 0.1) is 10.2 Å². The minimum atomic E-state index is -3.90. The van der Waals surface area contributed by atoms with Gasteiger partial charge in [-0.3, -0.25) is 4.79 Å². The Hall–Kier alpha value is -1.19. The van der Waals surface area contributed by atoms with E-state index >= 15 is 0 Å². The molecule has 6 nitrogen and oxygen atoms in total. The van der Waals surface area contributed by atoms with Crippen LogP contribution < -0.4 is 15.8 Å². The Morgan fingerprint density at radius 2 is 2.16 bits per heavy atom. The number of hydrogen-bond acceptors (Lipinski definition) is 4. The normalized spacial score (nSPS) is 19.5. The topological polar surface area (TPSA) is 101 Å². The number of benzene rings is 1. The van der Waals surface area contributed by atoms with Crippen LogP contribution >= 0.6 is 15.9 Å². The van der Waals surface area contributed by atoms with Crippen molar-refractivity contribution in [2.75, 3.05) is 12.3 Å². The predicted octanol–water partition coefficient (Wildman–Crippen LogP) is 0.337. The van der Waals surface area contributed by atoms with Gasteiger partial charge in [-0.05, 0) is 28.1 Å². The molecule has 0 radical (unpaired) electrons. The third kappa shape index (κ3) is 3.04. The molecule has 1 unspecified atom stereocenters. The van der Waals surface area contributed by atoms with Gasteiger partial charge in [0.1, 0.15) is 10.7 Å². The van der Waals surface area contributed by atoms with Crippen LogP contribution in [0.3, 0.4) is 0 Å². The average molecular weight is 352 g/mol. The molecule has 104 valence electrons. The highest BCUT2D eigenvalue weighted by atomic mass is 79.9. The first-order chi connectivity index (χ1) is 8.79. The van der Waals surface area contributed by atoms with E-state index in [2.05, 4.69) is 26.0 Å². The van der Waals surface area contributed by atoms with Gasteiger partial charge in [0.2, 0.25) is 15.9 Å². The second kappa shape index (κ2) is 5.06. The van der Waals surface area contributed by atoms with Crippen LogP contribution in [0.1, 0.15) is 6.42 Å². The van der Waals surface area contributed by atoms with Gasteiger partial charge in [0, 0.05) is 19.0 Å². The number of carbonyl (C=O) groups excluding carboxylic acids is 1. The lowest BCUT2D eigenvalue weighted by Gasteiger charge is -2.13. The van der Waals surface area contributed by atoms with E-state index in [1.165, 1.54) is 0 Å². The summed E-state index contributed by atoms with van der Waals surface area (Å²) >= 11 is 2.91. The minimum absolute atomic E-state index is 0.00250. The van der Waals surface area contributed by atoms with Gasteiger partial charge >= 0.3 is 0 Å². The molecule has 1 saturated heterocycles. The molecule has 2 rings (SSSR count). The first-order valence-electron chi connectivity index (χ1n) is 5.33. The lowest BCUT2D eigenvalue weighted by molar-refractivity contribution is -0.119. The molecule has 1 heterocycles. The van der Waals surface area contributed by atoms with Crippen LogP contribution in [0.4, 0.5) is 10.1 Å². The Bertz CT molecular complexity index is 635. The van der Waals surface area contributed by atoms with Gasteiger partial charge in [-0.15, -0.1) is 0 Å². The summed E-state index contributed by atoms with van der Waals surface area (Å²) in [6, 6.07) is 1.49. The number of anilines is 1. The number of nitrogens with one attached hydrogen (secondary N) is 2. The summed E-state index contributed by atoms with van der Waals surface area (Å²) in [5.41, 5.74) is 5.33. The number of carbonyl (C=O) groups is 1. The molecule has 0 saturated carbocycles. The second-order valence-corrected chi connectivity index (χ2v) is 6.67. The Morgan fingerprint density at radius 3 is 2.74 bits per heavy atom. The van der Waals surface area contributed by atoms with Crippen molar-refractivity contribution >= 4 is 37.5 Å². The first-order valence-corrected chi connectivity index (χ1v) is 7.61. The lowest BCUT2D eigenvalue weighted by Crippen LogP contribution is -2.36. The van der Waals surface area contributed by atoms with Crippen LogP contribution in [-0.4, -0.2) is 26.9 Å². The van der Waals surface area contributed by atoms with Crippen LogP contribution in [0.5, 0.6) is 0 Å². The van der Waals surface area contributed by atoms with Crippen molar-refractivity contribution in [3.8, 4) is 0 Å². The van der Waals surface area contributed by atoms with Crippen LogP contribution in [0.2, 0.25) is 0 Å². The second-order valence-electron chi connectivity index (χ2n) is 4.13. The quantitative estimate of drug-likeness (QED) is 0.683. The van der Waals surface area contributed by atoms with E-state index in [1.54, 1.807) is 0 Å². The number of nitrogens with two attached hydrogens (primary N) is 1. The van der Waals surface area contributed by atoms with E-state index in [9.17, 15) is 17.6 Å². The van der Waals surface area contributed by atoms with Gasteiger partial charge in [0.25, 0.3) is 0 Å². The fraction of sp³-hybridized carbons (Fsp3) is 0.300. The van der Waals surface area contributed by atoms with Crippen LogP contribution in [-0.2, 0) is 14.8 Å². The largest absolute Gasteiger partial charge is 0.398 e. The van der Waals surface area contributed by atoms with Crippen molar-refractivity contribution in [1.29, 1.82) is 0 Å². The van der Waals surface area contributed by atoms with E-state index in [0.29, 0.717) is 0 Å². The number of sulfonamides is 1. The summed E-state index contributed by atoms with van der Waals surface area (Å²) < 4.78 is 39.8. The molecule has 9 heteroatoms. The van der Waals surface area contributed by atoms with Crippen molar-refractivity contribution in [3.05, 3.63) is 22.4 Å². The van der Waals surface area contributed by atoms with Crippen LogP contribution in [0.15, 0.2) is 21.5 Å². The SMILES string of the molecule is Nc1cc(F)c(Br)cc1S(=O)(=O)NC1CNC(=O)C1. The van der Waals surface area contributed by atoms with E-state index in [1.807, 2.05) is 0 Å². The van der Waals surface area contributed by atoms with Gasteiger partial charge in [-0.25, -0.2) is 17.5 Å². The third-order valence-electron chi connectivity index (χ3n) is 2.64. The monoisotopic (exact) mass is 351 g/mol. The smallest absolute Gasteiger partial charge is 0.242 e. The van der Waals surface area contributed by atoms with E-state index in [0.717, 1.165) is 12.1 Å². The van der Waals surface area contributed by atoms with Crippen molar-refractivity contribution in [1.82, 2.24) is 10.0 Å². The molecule has 19 heavy (non-hydrogen) atoms. The molecule has 1 aliphatic heterocycles. The fourth-order valence-corrected chi connectivity index (χ4v) is 3.62. The lowest BCUT2D eigenvalue weighted by atomic mass is 10.3. The van der Waals surface area contributed by atoms with Gasteiger partial charge in [0.15, 0.2) is 0 Å². The molecule has 1 amide bonds. The standard InChI is InChI=1S/C10H11BrFN3O3S/c11-6-2-9(8(13)3-7(6)12)19(17,18)15-5-1-10(16)14-4-5/h2-3,5,15H,1,4,13H2,(H,14,16). The van der Waals surface area contributed by atoms with Crippen molar-refractivity contribution in [3.63, 3.8) is 0 Å². The molecule has 1 aromatic rings. The van der Waals surface area contributed by atoms with Crippen molar-refractivity contribution in [2.24, 2.45) is 0 Å². The summed E-state index contributed by atoms with van der Waals surface area (Å²) in [7, 11) is -3.90. The molecular formula is C10H11BrFN3O3S. The number of hydrogen-bond donors (Lipinski definition) is 3. The maximum atomic E-state index is 13.2. The Kier molecular flexibility index (Phi) is 3.79. The number of amides is 1. The Morgan fingerprint density at radius 1 is 1.47 bits per heavy atom. The molecular weight excluding hydrogens is 341 g/mol. The molecule has 0 aliphatic carbocycles. The predicted molar refractivity (Wildman–Crippen MR) is 70.2 cm³/mol. The summed E-state index contributed by atoms with van der Waals surface area (Å²) in [6.45, 7) is 0.223. The maximum absolute atomic E-state index is 13.2. The average Bonchev–Trinajstić information content (AvgIpc) is 2.68. The summed E-state index contributed by atoms with van der Waals surface area (Å²) in [4.78, 5) is 10.8. The first kappa shape index (κ1) is 14.2. The Balaban J connectivity index is 2.29.